The molecular formula is C14H16ClN3O3. The maximum atomic E-state index is 6.04. The fourth-order valence-corrected chi connectivity index (χ4v) is 1.91. The van der Waals surface area contributed by atoms with Crippen molar-refractivity contribution in [1.82, 2.24) is 9.97 Å². The van der Waals surface area contributed by atoms with Crippen LogP contribution in [0, 0.1) is 0 Å². The van der Waals surface area contributed by atoms with Crippen LogP contribution in [0.5, 0.6) is 17.5 Å². The van der Waals surface area contributed by atoms with Crippen LogP contribution in [-0.4, -0.2) is 31.3 Å². The lowest BCUT2D eigenvalue weighted by Crippen LogP contribution is -2.04. The van der Waals surface area contributed by atoms with Crippen molar-refractivity contribution in [3.05, 3.63) is 35.0 Å². The summed E-state index contributed by atoms with van der Waals surface area (Å²) in [6.07, 6.45) is 1.49. The number of rotatable bonds is 6. The van der Waals surface area contributed by atoms with E-state index in [1.165, 1.54) is 13.3 Å². The Morgan fingerprint density at radius 2 is 1.86 bits per heavy atom. The molecule has 0 aliphatic rings. The summed E-state index contributed by atoms with van der Waals surface area (Å²) in [6.45, 7) is 0.528. The molecular weight excluding hydrogens is 294 g/mol. The third-order valence-electron chi connectivity index (χ3n) is 2.81. The van der Waals surface area contributed by atoms with Gasteiger partial charge in [0.25, 0.3) is 0 Å². The van der Waals surface area contributed by atoms with Gasteiger partial charge in [0.1, 0.15) is 5.02 Å². The monoisotopic (exact) mass is 309 g/mol. The predicted octanol–water partition coefficient (Wildman–Crippen LogP) is 2.77. The predicted molar refractivity (Wildman–Crippen MR) is 80.5 cm³/mol. The van der Waals surface area contributed by atoms with E-state index >= 15 is 0 Å². The molecule has 1 heterocycles. The van der Waals surface area contributed by atoms with Crippen LogP contribution >= 0.6 is 11.6 Å². The first-order valence-electron chi connectivity index (χ1n) is 6.19. The van der Waals surface area contributed by atoms with Gasteiger partial charge in [0.05, 0.1) is 27.5 Å². The van der Waals surface area contributed by atoms with E-state index in [2.05, 4.69) is 15.3 Å². The van der Waals surface area contributed by atoms with E-state index < -0.39 is 0 Å². The molecule has 0 aliphatic heterocycles. The Morgan fingerprint density at radius 1 is 1.10 bits per heavy atom. The molecule has 1 aromatic heterocycles. The van der Waals surface area contributed by atoms with Crippen molar-refractivity contribution >= 4 is 17.4 Å². The molecule has 0 fully saturated rings. The van der Waals surface area contributed by atoms with Crippen molar-refractivity contribution in [2.45, 2.75) is 6.54 Å². The molecule has 2 rings (SSSR count). The first-order chi connectivity index (χ1) is 10.2. The van der Waals surface area contributed by atoms with Gasteiger partial charge in [0.2, 0.25) is 0 Å². The van der Waals surface area contributed by atoms with Crippen molar-refractivity contribution in [2.24, 2.45) is 0 Å². The maximum absolute atomic E-state index is 6.04. The molecule has 0 bridgehead atoms. The fraction of sp³-hybridized carbons (Fsp3) is 0.286. The molecule has 21 heavy (non-hydrogen) atoms. The molecule has 2 aromatic rings. The molecule has 0 spiro atoms. The average molecular weight is 310 g/mol. The Kier molecular flexibility index (Phi) is 5.05. The number of hydrogen-bond donors (Lipinski definition) is 1. The number of ether oxygens (including phenoxy) is 3. The van der Waals surface area contributed by atoms with Gasteiger partial charge in [-0.1, -0.05) is 17.7 Å². The van der Waals surface area contributed by atoms with Crippen LogP contribution in [0.15, 0.2) is 24.4 Å². The molecule has 0 amide bonds. The van der Waals surface area contributed by atoms with Crippen molar-refractivity contribution in [3.8, 4) is 17.5 Å². The molecule has 7 heteroatoms. The highest BCUT2D eigenvalue weighted by atomic mass is 35.5. The maximum Gasteiger partial charge on any atom is 0.318 e. The number of nitrogens with one attached hydrogen (secondary N) is 1. The molecule has 0 atom stereocenters. The summed E-state index contributed by atoms with van der Waals surface area (Å²) in [6, 6.07) is 5.92. The summed E-state index contributed by atoms with van der Waals surface area (Å²) in [7, 11) is 4.70. The Balaban J connectivity index is 2.13. The van der Waals surface area contributed by atoms with Gasteiger partial charge in [-0.25, -0.2) is 4.98 Å². The zero-order chi connectivity index (χ0) is 15.2. The topological polar surface area (TPSA) is 65.5 Å². The standard InChI is InChI=1S/C14H16ClN3O3/c1-19-11-5-4-9(6-12(11)20-2)7-16-13-10(15)8-17-14(18-13)21-3/h4-6,8H,7H2,1-3H3,(H,16,17,18). The first kappa shape index (κ1) is 15.2. The minimum Gasteiger partial charge on any atom is -0.493 e. The quantitative estimate of drug-likeness (QED) is 0.885. The zero-order valence-electron chi connectivity index (χ0n) is 12.0. The molecule has 1 N–H and O–H groups in total. The summed E-state index contributed by atoms with van der Waals surface area (Å²) >= 11 is 6.04. The van der Waals surface area contributed by atoms with Crippen LogP contribution in [0.4, 0.5) is 5.82 Å². The number of methoxy groups -OCH3 is 3. The second kappa shape index (κ2) is 6.99. The number of benzene rings is 1. The van der Waals surface area contributed by atoms with Gasteiger partial charge >= 0.3 is 6.01 Å². The Bertz CT molecular complexity index is 622. The first-order valence-corrected chi connectivity index (χ1v) is 6.57. The summed E-state index contributed by atoms with van der Waals surface area (Å²) < 4.78 is 15.4. The third-order valence-corrected chi connectivity index (χ3v) is 3.09. The van der Waals surface area contributed by atoms with Gasteiger partial charge in [-0.3, -0.25) is 0 Å². The van der Waals surface area contributed by atoms with E-state index in [1.807, 2.05) is 18.2 Å². The van der Waals surface area contributed by atoms with Crippen molar-refractivity contribution < 1.29 is 14.2 Å². The number of halogens is 1. The zero-order valence-corrected chi connectivity index (χ0v) is 12.8. The Hall–Kier alpha value is -2.21. The highest BCUT2D eigenvalue weighted by Crippen LogP contribution is 2.28. The molecule has 0 aliphatic carbocycles. The van der Waals surface area contributed by atoms with Gasteiger partial charge in [-0.15, -0.1) is 0 Å². The van der Waals surface area contributed by atoms with Crippen LogP contribution in [0.1, 0.15) is 5.56 Å². The van der Waals surface area contributed by atoms with E-state index in [-0.39, 0.29) is 6.01 Å². The van der Waals surface area contributed by atoms with Gasteiger partial charge in [-0.05, 0) is 17.7 Å². The smallest absolute Gasteiger partial charge is 0.318 e. The normalized spacial score (nSPS) is 10.1. The number of nitrogens with zero attached hydrogens (tertiary/aromatic N) is 2. The van der Waals surface area contributed by atoms with E-state index in [4.69, 9.17) is 25.8 Å². The number of anilines is 1. The summed E-state index contributed by atoms with van der Waals surface area (Å²) in [4.78, 5) is 8.07. The highest BCUT2D eigenvalue weighted by Gasteiger charge is 2.07. The van der Waals surface area contributed by atoms with Crippen LogP contribution in [0.3, 0.4) is 0 Å². The minimum absolute atomic E-state index is 0.259. The lowest BCUT2D eigenvalue weighted by atomic mass is 10.2. The Labute approximate surface area is 128 Å². The lowest BCUT2D eigenvalue weighted by molar-refractivity contribution is 0.354. The second-order valence-electron chi connectivity index (χ2n) is 4.10. The van der Waals surface area contributed by atoms with Gasteiger partial charge in [0.15, 0.2) is 17.3 Å². The van der Waals surface area contributed by atoms with E-state index in [0.29, 0.717) is 28.9 Å². The van der Waals surface area contributed by atoms with Crippen LogP contribution in [-0.2, 0) is 6.54 Å². The largest absolute Gasteiger partial charge is 0.493 e. The number of hydrogen-bond acceptors (Lipinski definition) is 6. The Morgan fingerprint density at radius 3 is 2.52 bits per heavy atom. The molecule has 0 unspecified atom stereocenters. The van der Waals surface area contributed by atoms with Gasteiger partial charge < -0.3 is 19.5 Å². The minimum atomic E-state index is 0.259. The van der Waals surface area contributed by atoms with Gasteiger partial charge in [0, 0.05) is 6.54 Å². The molecule has 0 saturated heterocycles. The van der Waals surface area contributed by atoms with Gasteiger partial charge in [-0.2, -0.15) is 4.98 Å². The summed E-state index contributed by atoms with van der Waals surface area (Å²) in [5.41, 5.74) is 1.00. The average Bonchev–Trinajstić information content (AvgIpc) is 2.53. The summed E-state index contributed by atoms with van der Waals surface area (Å²) in [5.74, 6) is 1.87. The van der Waals surface area contributed by atoms with Crippen molar-refractivity contribution in [3.63, 3.8) is 0 Å². The van der Waals surface area contributed by atoms with E-state index in [1.54, 1.807) is 14.2 Å². The highest BCUT2D eigenvalue weighted by molar-refractivity contribution is 6.32. The summed E-state index contributed by atoms with van der Waals surface area (Å²) in [5, 5.41) is 3.56. The van der Waals surface area contributed by atoms with E-state index in [9.17, 15) is 0 Å². The number of aromatic nitrogens is 2. The van der Waals surface area contributed by atoms with Crippen molar-refractivity contribution in [2.75, 3.05) is 26.6 Å². The van der Waals surface area contributed by atoms with E-state index in [0.717, 1.165) is 5.56 Å². The molecule has 0 saturated carbocycles. The lowest BCUT2D eigenvalue weighted by Gasteiger charge is -2.11. The molecule has 1 aromatic carbocycles. The van der Waals surface area contributed by atoms with Crippen molar-refractivity contribution in [1.29, 1.82) is 0 Å². The second-order valence-corrected chi connectivity index (χ2v) is 4.50. The SMILES string of the molecule is COc1ncc(Cl)c(NCc2ccc(OC)c(OC)c2)n1. The molecule has 112 valence electrons. The molecule has 6 nitrogen and oxygen atoms in total. The molecule has 0 radical (unpaired) electrons. The van der Waals surface area contributed by atoms with Crippen LogP contribution in [0.25, 0.3) is 0 Å². The van der Waals surface area contributed by atoms with Crippen LogP contribution < -0.4 is 19.5 Å². The van der Waals surface area contributed by atoms with Crippen LogP contribution in [0.2, 0.25) is 5.02 Å². The third kappa shape index (κ3) is 3.66. The fourth-order valence-electron chi connectivity index (χ4n) is 1.75.